The van der Waals surface area contributed by atoms with E-state index in [0.717, 1.165) is 0 Å². The Labute approximate surface area is 161 Å². The van der Waals surface area contributed by atoms with Crippen molar-refractivity contribution in [2.45, 2.75) is 50.0 Å². The average molecular weight is 560 g/mol. The Balaban J connectivity index is 3.18. The topological polar surface area (TPSA) is 58.2 Å². The van der Waals surface area contributed by atoms with E-state index >= 15 is 0 Å². The summed E-state index contributed by atoms with van der Waals surface area (Å²) in [5, 5.41) is 0. The molecule has 0 radical (unpaired) electrons. The minimum absolute atomic E-state index is 0.0336. The monoisotopic (exact) mass is 560 g/mol. The predicted octanol–water partition coefficient (Wildman–Crippen LogP) is 3.27. The van der Waals surface area contributed by atoms with Gasteiger partial charge in [0.05, 0.1) is 0 Å². The van der Waals surface area contributed by atoms with E-state index in [2.05, 4.69) is 21.4 Å². The van der Waals surface area contributed by atoms with Crippen LogP contribution in [0.25, 0.3) is 0 Å². The molecular weight excluding hydrogens is 538 g/mol. The van der Waals surface area contributed by atoms with E-state index in [-0.39, 0.29) is 37.3 Å². The van der Waals surface area contributed by atoms with Crippen molar-refractivity contribution in [1.29, 1.82) is 0 Å². The zero-order chi connectivity index (χ0) is 17.0. The van der Waals surface area contributed by atoms with E-state index in [0.29, 0.717) is 0 Å². The average Bonchev–Trinajstić information content (AvgIpc) is 2.23. The van der Waals surface area contributed by atoms with Gasteiger partial charge in [0, 0.05) is 0 Å². The normalized spacial score (nSPS) is 22.8. The van der Waals surface area contributed by atoms with Gasteiger partial charge in [-0.3, -0.25) is 0 Å². The van der Waals surface area contributed by atoms with Gasteiger partial charge >= 0.3 is 165 Å². The van der Waals surface area contributed by atoms with Gasteiger partial charge in [0.15, 0.2) is 0 Å². The summed E-state index contributed by atoms with van der Waals surface area (Å²) in [6.45, 7) is 7.72. The van der Waals surface area contributed by atoms with E-state index < -0.39 is 41.7 Å². The van der Waals surface area contributed by atoms with Gasteiger partial charge in [0.1, 0.15) is 0 Å². The third-order valence-corrected chi connectivity index (χ3v) is 209. The molecule has 0 aliphatic carbocycles. The summed E-state index contributed by atoms with van der Waals surface area (Å²) in [5.74, 6) is 0.0694. The van der Waals surface area contributed by atoms with Crippen molar-refractivity contribution in [3.63, 3.8) is 0 Å². The van der Waals surface area contributed by atoms with E-state index in [1.807, 2.05) is 0 Å². The van der Waals surface area contributed by atoms with Crippen molar-refractivity contribution < 1.29 is 76.7 Å². The van der Waals surface area contributed by atoms with Gasteiger partial charge in [0.25, 0.3) is 0 Å². The number of hydrogen-bond donors (Lipinski definition) is 2. The third-order valence-electron chi connectivity index (χ3n) is 3.22. The van der Waals surface area contributed by atoms with Gasteiger partial charge < -0.3 is 0 Å². The van der Waals surface area contributed by atoms with Gasteiger partial charge in [-0.1, -0.05) is 0 Å². The van der Waals surface area contributed by atoms with Gasteiger partial charge in [-0.25, -0.2) is 0 Å². The number of halogens is 2. The fraction of sp³-hybridized carbons (Fsp3) is 0.800. The number of rotatable bonds is 6. The molecule has 0 atom stereocenters. The zero-order valence-electron chi connectivity index (χ0n) is 13.4. The standard InChI is InChI=1S/2C3H7.2C2H5NO.2ClH.6Ti/c2*1-3-2;2*1-2(3)4;;;;;;;;/h2*1,3H2,2H3;2*1H3,(H2,3,4);2*1H;;;;;;/q;;;;;;;;;;+1;+3/p-4. The van der Waals surface area contributed by atoms with Crippen LogP contribution in [0.4, 0.5) is 0 Å². The van der Waals surface area contributed by atoms with Crippen LogP contribution in [-0.2, 0) is 76.7 Å². The number of amides is 2. The molecule has 2 N–H and O–H groups in total. The molecule has 0 spiro atoms. The molecule has 4 nitrogen and oxygen atoms in total. The summed E-state index contributed by atoms with van der Waals surface area (Å²) in [5.41, 5.74) is 0. The van der Waals surface area contributed by atoms with E-state index in [1.165, 1.54) is 22.3 Å². The number of carbonyl (C=O) groups excluding carboxylic acids is 2. The van der Waals surface area contributed by atoms with Crippen LogP contribution >= 0.6 is 18.6 Å². The molecular formula is C10H22Cl2N2O2Ti6. The molecule has 0 aromatic heterocycles. The van der Waals surface area contributed by atoms with Crippen molar-refractivity contribution >= 4 is 30.4 Å². The molecule has 2 amide bonds. The first kappa shape index (κ1) is 23.8. The number of carbonyl (C=O) groups is 2. The van der Waals surface area contributed by atoms with Crippen molar-refractivity contribution in [3.05, 3.63) is 0 Å². The van der Waals surface area contributed by atoms with Crippen LogP contribution in [0.15, 0.2) is 0 Å². The molecule has 1 aliphatic rings. The molecule has 0 aromatic carbocycles. The molecule has 12 heteroatoms. The first-order valence-electron chi connectivity index (χ1n) is 7.41. The third kappa shape index (κ3) is 7.81. The SMILES string of the molecule is CC[CH2][Ti]1([CH2]CC)[Ti][Ti]([NH]C(C)=O)[Ti][Ti]([Cl])([Cl])([NH]C(C)=O)[Ti]1. The summed E-state index contributed by atoms with van der Waals surface area (Å²) in [6.07, 6.45) is 2.46. The first-order chi connectivity index (χ1) is 10.0. The second kappa shape index (κ2) is 9.84. The molecule has 0 aromatic rings. The van der Waals surface area contributed by atoms with Crippen LogP contribution in [0.2, 0.25) is 9.45 Å². The van der Waals surface area contributed by atoms with E-state index in [9.17, 15) is 9.59 Å². The Hall–Kier alpha value is 3.81. The summed E-state index contributed by atoms with van der Waals surface area (Å²) in [4.78, 5) is 23.4. The van der Waals surface area contributed by atoms with Gasteiger partial charge in [0.2, 0.25) is 0 Å². The molecule has 1 rings (SSSR count). The van der Waals surface area contributed by atoms with Gasteiger partial charge in [-0.05, 0) is 0 Å². The van der Waals surface area contributed by atoms with Crippen LogP contribution in [0.5, 0.6) is 0 Å². The van der Waals surface area contributed by atoms with Crippen LogP contribution in [0.1, 0.15) is 40.5 Å². The summed E-state index contributed by atoms with van der Waals surface area (Å²) in [7, 11) is 8.63. The second-order valence-electron chi connectivity index (χ2n) is 5.71. The molecule has 0 unspecified atom stereocenters. The molecule has 22 heavy (non-hydrogen) atoms. The minimum atomic E-state index is -3.74. The first-order valence-corrected chi connectivity index (χ1v) is 39.5. The van der Waals surface area contributed by atoms with Crippen molar-refractivity contribution in [3.8, 4) is 0 Å². The molecule has 0 bridgehead atoms. The summed E-state index contributed by atoms with van der Waals surface area (Å²) in [6, 6.07) is 0. The van der Waals surface area contributed by atoms with Crippen molar-refractivity contribution in [1.82, 2.24) is 7.60 Å². The molecule has 1 aliphatic heterocycles. The fourth-order valence-electron chi connectivity index (χ4n) is 2.81. The molecule has 122 valence electrons. The summed E-state index contributed by atoms with van der Waals surface area (Å²) >= 11 is -2.40. The Bertz CT molecular complexity index is 447. The Morgan fingerprint density at radius 2 is 1.68 bits per heavy atom. The Kier molecular flexibility index (Phi) is 10.7. The Morgan fingerprint density at radius 3 is 2.09 bits per heavy atom. The molecule has 1 fully saturated rings. The maximum atomic E-state index is 11.7. The summed E-state index contributed by atoms with van der Waals surface area (Å²) < 4.78 is 9.27. The number of hydrogen-bond acceptors (Lipinski definition) is 2. The van der Waals surface area contributed by atoms with Crippen LogP contribution < -0.4 is 7.60 Å². The van der Waals surface area contributed by atoms with Crippen molar-refractivity contribution in [2.24, 2.45) is 0 Å². The maximum absolute atomic E-state index is 11.7. The second-order valence-corrected chi connectivity index (χ2v) is 104. The van der Waals surface area contributed by atoms with E-state index in [1.54, 1.807) is 13.8 Å². The molecule has 0 saturated carbocycles. The van der Waals surface area contributed by atoms with Gasteiger partial charge in [-0.2, -0.15) is 0 Å². The quantitative estimate of drug-likeness (QED) is 0.491. The predicted molar refractivity (Wildman–Crippen MR) is 69.5 cm³/mol. The number of nitrogens with one attached hydrogen (secondary N) is 2. The van der Waals surface area contributed by atoms with Crippen LogP contribution in [0.3, 0.4) is 0 Å². The van der Waals surface area contributed by atoms with Crippen LogP contribution in [0, 0.1) is 0 Å². The fourth-order valence-corrected chi connectivity index (χ4v) is 490. The van der Waals surface area contributed by atoms with Crippen molar-refractivity contribution in [2.75, 3.05) is 0 Å². The Morgan fingerprint density at radius 1 is 1.14 bits per heavy atom. The van der Waals surface area contributed by atoms with Crippen LogP contribution in [-0.4, -0.2) is 11.8 Å². The zero-order valence-corrected chi connectivity index (χ0v) is 24.3. The van der Waals surface area contributed by atoms with Gasteiger partial charge in [-0.15, -0.1) is 0 Å². The van der Waals surface area contributed by atoms with E-state index in [4.69, 9.17) is 18.6 Å². The molecule has 1 heterocycles. The molecule has 1 saturated heterocycles.